The average Bonchev–Trinajstić information content (AvgIpc) is 1.70. The number of amides is 4. The third-order valence-electron chi connectivity index (χ3n) is 20.0. The number of nitrogens with one attached hydrogen (secondary N) is 5. The van der Waals surface area contributed by atoms with Crippen molar-refractivity contribution in [2.24, 2.45) is 64.5 Å². The fourth-order valence-corrected chi connectivity index (χ4v) is 12.9. The van der Waals surface area contributed by atoms with Gasteiger partial charge in [-0.1, -0.05) is 231 Å². The summed E-state index contributed by atoms with van der Waals surface area (Å²) in [7, 11) is 0. The summed E-state index contributed by atoms with van der Waals surface area (Å²) >= 11 is 0. The molecule has 0 heterocycles. The van der Waals surface area contributed by atoms with E-state index in [4.69, 9.17) is 36.1 Å². The molecule has 4 fully saturated rings. The van der Waals surface area contributed by atoms with Crippen LogP contribution in [-0.2, 0) is 85.4 Å². The van der Waals surface area contributed by atoms with E-state index in [0.29, 0.717) is 18.4 Å². The molecule has 0 radical (unpaired) electrons. The van der Waals surface area contributed by atoms with Crippen LogP contribution in [-0.4, -0.2) is 79.6 Å². The second-order valence-electron chi connectivity index (χ2n) is 33.2. The van der Waals surface area contributed by atoms with Gasteiger partial charge in [-0.05, 0) is 148 Å². The first-order valence-corrected chi connectivity index (χ1v) is 38.3. The number of benzene rings is 4. The number of esters is 4. The normalized spacial score (nSPS) is 19.9. The fraction of sp³-hybridized carbons (Fsp3) is 0.366. The number of aryl methyl sites for hydroxylation is 1. The van der Waals surface area contributed by atoms with Crippen LogP contribution in [0.2, 0.25) is 0 Å². The number of allylic oxidation sites excluding steroid dienone is 14. The van der Waals surface area contributed by atoms with Gasteiger partial charge in [0.2, 0.25) is 23.6 Å². The summed E-state index contributed by atoms with van der Waals surface area (Å²) in [5.41, 5.74) is 29.4. The molecule has 596 valence electrons. The highest BCUT2D eigenvalue weighted by molar-refractivity contribution is 6.31. The van der Waals surface area contributed by atoms with E-state index in [0.717, 1.165) is 22.3 Å². The lowest BCUT2D eigenvalue weighted by Crippen LogP contribution is -2.22. The van der Waals surface area contributed by atoms with Crippen molar-refractivity contribution < 1.29 is 57.3 Å². The van der Waals surface area contributed by atoms with Gasteiger partial charge in [-0.3, -0.25) is 38.4 Å². The van der Waals surface area contributed by atoms with E-state index in [9.17, 15) is 43.8 Å². The monoisotopic (exact) mass is 1530 g/mol. The SMILES string of the molecule is C=C/C=C\C(N)=C(\C(=N)\C=C/C=C(/C=C/C=C(N)/C(=C(N)/C=C\CCc1cc(C(C)(C)C)cc(C(C)(C)C)c1)c1c(NC(=O)[C@@H]2CC2C(=O)OCC=C)cccc1NC(=O)[C@@H]1C[C@@H]1C(=O)OCC=C)c1cc(C(C)(C)C)cc(C(C)(C)C)c1)c1c(NC(=O)[C@@H]2CC2C(=O)OCC=C)cccc1NC(=O)[C@@H]1C[C@@H]1C(=O)OCC=C. The molecule has 20 nitrogen and oxygen atoms in total. The number of carbonyl (C=O) groups excluding carboxylic acids is 8. The standard InChI is InChI=1S/C93H112N8O12/c1-18-23-33-70(94)78(80-74(98-82(102)62-51-66(62)86(106)110-41-19-2)37-28-38-75(80)99-83(103)63-52-67(63)87(107)111-42-20-3)72(96)35-26-31-56(57-47-60(92(12,13)14)50-61(48-57)93(15,16)17)32-27-36-73(97)79(71(95)34-25-24-30-55-45-58(90(6,7)8)49-59(46-55)91(9,10)11)81-76(100-84(104)64-53-68(64)88(108)112-43-21-4)39-29-40-77(81)101-85(105)65-54-69(65)89(109)113-44-22-5/h18-23,25-29,31-40,45-50,62-69,96H,1-5,24,30,41-44,51-54,94-95,97H2,6-17H3,(H,98,102)(H,99,103)(H,100,104)(H,101,105)/b32-27+,33-23-,34-25-,35-26-,56-31-,73-36-,78-70+,79-71+,96-72?/t62-,63-,64-,65-,66+,67?,68+,69?/m1/s1. The van der Waals surface area contributed by atoms with Gasteiger partial charge < -0.3 is 62.8 Å². The van der Waals surface area contributed by atoms with Crippen LogP contribution in [0.25, 0.3) is 16.7 Å². The van der Waals surface area contributed by atoms with Gasteiger partial charge in [0, 0.05) is 39.4 Å². The van der Waals surface area contributed by atoms with E-state index in [1.54, 1.807) is 66.8 Å². The molecular formula is C93H112N8O12. The van der Waals surface area contributed by atoms with Crippen LogP contribution in [0.15, 0.2) is 214 Å². The maximum atomic E-state index is 14.5. The smallest absolute Gasteiger partial charge is 0.310 e. The van der Waals surface area contributed by atoms with Crippen molar-refractivity contribution in [2.45, 2.75) is 143 Å². The molecule has 11 N–H and O–H groups in total. The Morgan fingerprint density at radius 3 is 1.12 bits per heavy atom. The Bertz CT molecular complexity index is 4470. The Hall–Kier alpha value is -11.7. The van der Waals surface area contributed by atoms with Crippen LogP contribution in [0.3, 0.4) is 0 Å². The molecule has 4 aliphatic rings. The van der Waals surface area contributed by atoms with E-state index in [1.165, 1.54) is 53.7 Å². The molecule has 0 spiro atoms. The zero-order chi connectivity index (χ0) is 83.0. The molecule has 4 aromatic rings. The number of hydrogen-bond donors (Lipinski definition) is 8. The lowest BCUT2D eigenvalue weighted by molar-refractivity contribution is -0.145. The third-order valence-corrected chi connectivity index (χ3v) is 20.0. The molecule has 4 saturated carbocycles. The molecule has 4 amide bonds. The van der Waals surface area contributed by atoms with Crippen molar-refractivity contribution in [3.63, 3.8) is 0 Å². The summed E-state index contributed by atoms with van der Waals surface area (Å²) in [4.78, 5) is 110. The zero-order valence-electron chi connectivity index (χ0n) is 67.4. The molecule has 0 saturated heterocycles. The van der Waals surface area contributed by atoms with Crippen LogP contribution in [0.4, 0.5) is 22.7 Å². The molecule has 8 rings (SSSR count). The highest BCUT2D eigenvalue weighted by atomic mass is 16.5. The molecule has 0 aromatic heterocycles. The Morgan fingerprint density at radius 1 is 0.434 bits per heavy atom. The van der Waals surface area contributed by atoms with Gasteiger partial charge in [-0.2, -0.15) is 0 Å². The van der Waals surface area contributed by atoms with Crippen LogP contribution in [0.5, 0.6) is 0 Å². The first kappa shape index (κ1) is 86.9. The molecule has 4 aromatic carbocycles. The number of anilines is 4. The van der Waals surface area contributed by atoms with E-state index >= 15 is 0 Å². The number of ether oxygens (including phenoxy) is 4. The first-order chi connectivity index (χ1) is 53.3. The van der Waals surface area contributed by atoms with E-state index in [1.807, 2.05) is 18.2 Å². The summed E-state index contributed by atoms with van der Waals surface area (Å²) in [6.45, 7) is 44.2. The second-order valence-corrected chi connectivity index (χ2v) is 33.2. The van der Waals surface area contributed by atoms with Gasteiger partial charge in [0.05, 0.1) is 75.8 Å². The van der Waals surface area contributed by atoms with E-state index < -0.39 is 94.8 Å². The zero-order valence-corrected chi connectivity index (χ0v) is 67.4. The van der Waals surface area contributed by atoms with Crippen molar-refractivity contribution in [1.82, 2.24) is 0 Å². The van der Waals surface area contributed by atoms with Gasteiger partial charge in [0.25, 0.3) is 0 Å². The van der Waals surface area contributed by atoms with Crippen molar-refractivity contribution in [2.75, 3.05) is 47.7 Å². The van der Waals surface area contributed by atoms with Gasteiger partial charge >= 0.3 is 23.9 Å². The fourth-order valence-electron chi connectivity index (χ4n) is 12.9. The predicted octanol–water partition coefficient (Wildman–Crippen LogP) is 16.1. The van der Waals surface area contributed by atoms with Crippen LogP contribution >= 0.6 is 0 Å². The lowest BCUT2D eigenvalue weighted by Gasteiger charge is -2.26. The molecule has 8 atom stereocenters. The third kappa shape index (κ3) is 23.5. The summed E-state index contributed by atoms with van der Waals surface area (Å²) in [5.74, 6) is -10.1. The molecule has 0 bridgehead atoms. The average molecular weight is 1530 g/mol. The number of nitrogens with two attached hydrogens (primary N) is 3. The summed E-state index contributed by atoms with van der Waals surface area (Å²) in [6, 6.07) is 22.9. The van der Waals surface area contributed by atoms with Crippen LogP contribution in [0, 0.1) is 52.8 Å². The van der Waals surface area contributed by atoms with Crippen LogP contribution < -0.4 is 38.5 Å². The highest BCUT2D eigenvalue weighted by Gasteiger charge is 2.52. The summed E-state index contributed by atoms with van der Waals surface area (Å²) < 4.78 is 21.2. The largest absolute Gasteiger partial charge is 0.461 e. The van der Waals surface area contributed by atoms with Gasteiger partial charge in [0.15, 0.2) is 0 Å². The van der Waals surface area contributed by atoms with Crippen LogP contribution in [0.1, 0.15) is 160 Å². The lowest BCUT2D eigenvalue weighted by atomic mass is 9.79. The molecular weight excluding hydrogens is 1420 g/mol. The van der Waals surface area contributed by atoms with Crippen molar-refractivity contribution in [3.05, 3.63) is 258 Å². The second kappa shape index (κ2) is 37.6. The first-order valence-electron chi connectivity index (χ1n) is 38.3. The molecule has 113 heavy (non-hydrogen) atoms. The molecule has 0 aliphatic heterocycles. The Kier molecular flexibility index (Phi) is 28.9. The van der Waals surface area contributed by atoms with Gasteiger partial charge in [-0.25, -0.2) is 0 Å². The van der Waals surface area contributed by atoms with Crippen molar-refractivity contribution in [3.8, 4) is 0 Å². The van der Waals surface area contributed by atoms with Gasteiger partial charge in [-0.15, -0.1) is 0 Å². The molecule has 20 heteroatoms. The number of hydrogen-bond acceptors (Lipinski definition) is 16. The number of carbonyl (C=O) groups is 8. The maximum Gasteiger partial charge on any atom is 0.310 e. The molecule has 2 unspecified atom stereocenters. The quantitative estimate of drug-likeness (QED) is 0.00698. The predicted molar refractivity (Wildman–Crippen MR) is 451 cm³/mol. The van der Waals surface area contributed by atoms with Crippen molar-refractivity contribution >= 4 is 92.7 Å². The minimum Gasteiger partial charge on any atom is -0.461 e. The van der Waals surface area contributed by atoms with E-state index in [-0.39, 0.29) is 142 Å². The summed E-state index contributed by atoms with van der Waals surface area (Å²) in [6.07, 6.45) is 26.4. The highest BCUT2D eigenvalue weighted by Crippen LogP contribution is 2.47. The Labute approximate surface area is 665 Å². The summed E-state index contributed by atoms with van der Waals surface area (Å²) in [5, 5.41) is 22.1. The Balaban J connectivity index is 1.29. The minimum absolute atomic E-state index is 0.0264. The van der Waals surface area contributed by atoms with Gasteiger partial charge in [0.1, 0.15) is 26.4 Å². The topological polar surface area (TPSA) is 324 Å². The Morgan fingerprint density at radius 2 is 0.770 bits per heavy atom. The maximum absolute atomic E-state index is 14.5. The van der Waals surface area contributed by atoms with Crippen molar-refractivity contribution in [1.29, 1.82) is 5.41 Å². The van der Waals surface area contributed by atoms with E-state index in [2.05, 4.69) is 174 Å². The molecule has 4 aliphatic carbocycles. The minimum atomic E-state index is -0.758. The number of rotatable bonds is 35.